The summed E-state index contributed by atoms with van der Waals surface area (Å²) < 4.78 is 43.1. The zero-order valence-electron chi connectivity index (χ0n) is 26.0. The number of benzene rings is 4. The van der Waals surface area contributed by atoms with Gasteiger partial charge in [0.1, 0.15) is 18.4 Å². The molecule has 0 aromatic heterocycles. The van der Waals surface area contributed by atoms with Gasteiger partial charge in [-0.1, -0.05) is 97.6 Å². The number of hydrogen-bond donors (Lipinski definition) is 1. The van der Waals surface area contributed by atoms with Crippen LogP contribution in [-0.4, -0.2) is 43.8 Å². The van der Waals surface area contributed by atoms with Gasteiger partial charge in [-0.05, 0) is 67.3 Å². The van der Waals surface area contributed by atoms with Gasteiger partial charge < -0.3 is 10.2 Å². The number of carbonyl (C=O) groups excluding carboxylic acids is 2. The molecule has 46 heavy (non-hydrogen) atoms. The number of anilines is 1. The Kier molecular flexibility index (Phi) is 10.9. The molecule has 1 saturated carbocycles. The Morgan fingerprint density at radius 2 is 1.41 bits per heavy atom. The summed E-state index contributed by atoms with van der Waals surface area (Å²) in [4.78, 5) is 30.1. The largest absolute Gasteiger partial charge is 0.352 e. The van der Waals surface area contributed by atoms with Crippen LogP contribution in [0.1, 0.15) is 48.8 Å². The maximum absolute atomic E-state index is 14.5. The van der Waals surface area contributed by atoms with E-state index in [1.54, 1.807) is 54.6 Å². The molecule has 2 amide bonds. The summed E-state index contributed by atoms with van der Waals surface area (Å²) in [6.07, 6.45) is 5.13. The van der Waals surface area contributed by atoms with Gasteiger partial charge in [-0.15, -0.1) is 0 Å². The predicted octanol–water partition coefficient (Wildman–Crippen LogP) is 6.42. The van der Waals surface area contributed by atoms with Crippen LogP contribution in [0, 0.1) is 12.7 Å². The number of carbonyl (C=O) groups is 2. The third-order valence-corrected chi connectivity index (χ3v) is 10.2. The molecule has 4 aromatic carbocycles. The van der Waals surface area contributed by atoms with E-state index < -0.39 is 34.3 Å². The second-order valence-electron chi connectivity index (χ2n) is 11.9. The minimum Gasteiger partial charge on any atom is -0.352 e. The predicted molar refractivity (Wildman–Crippen MR) is 178 cm³/mol. The summed E-state index contributed by atoms with van der Waals surface area (Å²) in [5, 5.41) is 3.19. The third kappa shape index (κ3) is 8.40. The van der Waals surface area contributed by atoms with Crippen molar-refractivity contribution in [1.29, 1.82) is 0 Å². The topological polar surface area (TPSA) is 86.8 Å². The van der Waals surface area contributed by atoms with Crippen molar-refractivity contribution in [3.8, 4) is 0 Å². The summed E-state index contributed by atoms with van der Waals surface area (Å²) in [6, 6.07) is 29.2. The first-order valence-electron chi connectivity index (χ1n) is 15.7. The summed E-state index contributed by atoms with van der Waals surface area (Å²) in [5.74, 6) is -1.26. The first-order chi connectivity index (χ1) is 22.2. The molecule has 0 saturated heterocycles. The van der Waals surface area contributed by atoms with Crippen molar-refractivity contribution in [2.75, 3.05) is 10.8 Å². The Labute approximate surface area is 271 Å². The van der Waals surface area contributed by atoms with E-state index in [4.69, 9.17) is 0 Å². The van der Waals surface area contributed by atoms with Gasteiger partial charge in [0.2, 0.25) is 11.8 Å². The van der Waals surface area contributed by atoms with Crippen molar-refractivity contribution in [3.05, 3.63) is 132 Å². The normalized spacial score (nSPS) is 14.3. The summed E-state index contributed by atoms with van der Waals surface area (Å²) in [6.45, 7) is 1.32. The van der Waals surface area contributed by atoms with E-state index in [0.717, 1.165) is 47.5 Å². The lowest BCUT2D eigenvalue weighted by Crippen LogP contribution is -2.55. The van der Waals surface area contributed by atoms with Crippen LogP contribution in [-0.2, 0) is 32.6 Å². The second-order valence-corrected chi connectivity index (χ2v) is 13.7. The first kappa shape index (κ1) is 32.9. The van der Waals surface area contributed by atoms with Crippen LogP contribution in [0.15, 0.2) is 114 Å². The van der Waals surface area contributed by atoms with Crippen molar-refractivity contribution in [2.24, 2.45) is 0 Å². The summed E-state index contributed by atoms with van der Waals surface area (Å²) in [5.41, 5.74) is 2.70. The number of hydrogen-bond acceptors (Lipinski definition) is 4. The lowest BCUT2D eigenvalue weighted by atomic mass is 9.94. The standard InChI is InChI=1S/C37H40FN3O4S/c1-28-17-23-34(24-18-28)46(44,45)41(33-15-9-4-10-16-33)27-36(42)40(26-30-19-21-31(38)22-20-30)35(25-29-11-5-2-6-12-29)37(43)39-32-13-7-3-8-14-32/h2,4-6,9-12,15-24,32,35H,3,7-8,13-14,25-27H2,1H3,(H,39,43)/t35-/m0/s1. The van der Waals surface area contributed by atoms with Crippen LogP contribution in [0.4, 0.5) is 10.1 Å². The molecule has 0 aliphatic heterocycles. The fourth-order valence-corrected chi connectivity index (χ4v) is 7.26. The molecular weight excluding hydrogens is 601 g/mol. The zero-order valence-corrected chi connectivity index (χ0v) is 26.8. The van der Waals surface area contributed by atoms with Gasteiger partial charge >= 0.3 is 0 Å². The van der Waals surface area contributed by atoms with Gasteiger partial charge in [0, 0.05) is 19.0 Å². The highest BCUT2D eigenvalue weighted by Crippen LogP contribution is 2.26. The number of aryl methyl sites for hydroxylation is 1. The number of nitrogens with zero attached hydrogens (tertiary/aromatic N) is 2. The highest BCUT2D eigenvalue weighted by atomic mass is 32.2. The van der Waals surface area contributed by atoms with E-state index in [2.05, 4.69) is 5.32 Å². The smallest absolute Gasteiger partial charge is 0.264 e. The highest BCUT2D eigenvalue weighted by Gasteiger charge is 2.35. The maximum atomic E-state index is 14.5. The molecule has 1 aliphatic rings. The molecule has 1 N–H and O–H groups in total. The zero-order chi connectivity index (χ0) is 32.5. The lowest BCUT2D eigenvalue weighted by molar-refractivity contribution is -0.140. The number of sulfonamides is 1. The lowest BCUT2D eigenvalue weighted by Gasteiger charge is -2.35. The van der Waals surface area contributed by atoms with Crippen molar-refractivity contribution in [1.82, 2.24) is 10.2 Å². The van der Waals surface area contributed by atoms with Gasteiger partial charge in [-0.2, -0.15) is 0 Å². The Bertz CT molecular complexity index is 1690. The number of halogens is 1. The van der Waals surface area contributed by atoms with E-state index in [9.17, 15) is 22.4 Å². The van der Waals surface area contributed by atoms with Gasteiger partial charge in [0.05, 0.1) is 10.6 Å². The van der Waals surface area contributed by atoms with Crippen LogP contribution >= 0.6 is 0 Å². The molecule has 0 bridgehead atoms. The molecule has 1 fully saturated rings. The molecule has 0 unspecified atom stereocenters. The monoisotopic (exact) mass is 641 g/mol. The molecule has 5 rings (SSSR count). The average molecular weight is 642 g/mol. The van der Waals surface area contributed by atoms with Crippen LogP contribution in [0.3, 0.4) is 0 Å². The molecule has 1 atom stereocenters. The van der Waals surface area contributed by atoms with Gasteiger partial charge in [-0.25, -0.2) is 12.8 Å². The second kappa shape index (κ2) is 15.2. The van der Waals surface area contributed by atoms with Crippen LogP contribution < -0.4 is 9.62 Å². The van der Waals surface area contributed by atoms with Gasteiger partial charge in [-0.3, -0.25) is 13.9 Å². The fourth-order valence-electron chi connectivity index (χ4n) is 5.85. The van der Waals surface area contributed by atoms with E-state index in [-0.39, 0.29) is 29.8 Å². The van der Waals surface area contributed by atoms with Crippen molar-refractivity contribution < 1.29 is 22.4 Å². The van der Waals surface area contributed by atoms with Gasteiger partial charge in [0.25, 0.3) is 10.0 Å². The molecule has 4 aromatic rings. The summed E-state index contributed by atoms with van der Waals surface area (Å²) >= 11 is 0. The number of para-hydroxylation sites is 1. The average Bonchev–Trinajstić information content (AvgIpc) is 3.07. The van der Waals surface area contributed by atoms with Crippen LogP contribution in [0.2, 0.25) is 0 Å². The molecule has 9 heteroatoms. The molecule has 240 valence electrons. The van der Waals surface area contributed by atoms with E-state index in [1.165, 1.54) is 29.2 Å². The Hall–Kier alpha value is -4.50. The first-order valence-corrected chi connectivity index (χ1v) is 17.2. The van der Waals surface area contributed by atoms with Crippen LogP contribution in [0.25, 0.3) is 0 Å². The molecule has 0 radical (unpaired) electrons. The van der Waals surface area contributed by atoms with E-state index in [0.29, 0.717) is 11.3 Å². The Morgan fingerprint density at radius 3 is 2.04 bits per heavy atom. The molecule has 7 nitrogen and oxygen atoms in total. The Morgan fingerprint density at radius 1 is 0.804 bits per heavy atom. The van der Waals surface area contributed by atoms with E-state index >= 15 is 0 Å². The summed E-state index contributed by atoms with van der Waals surface area (Å²) in [7, 11) is -4.17. The highest BCUT2D eigenvalue weighted by molar-refractivity contribution is 7.92. The van der Waals surface area contributed by atoms with Gasteiger partial charge in [0.15, 0.2) is 0 Å². The van der Waals surface area contributed by atoms with Crippen LogP contribution in [0.5, 0.6) is 0 Å². The van der Waals surface area contributed by atoms with Crippen molar-refractivity contribution in [2.45, 2.75) is 69.0 Å². The Balaban J connectivity index is 1.54. The van der Waals surface area contributed by atoms with Crippen molar-refractivity contribution in [3.63, 3.8) is 0 Å². The minimum absolute atomic E-state index is 0.00466. The fraction of sp³-hybridized carbons (Fsp3) is 0.297. The van der Waals surface area contributed by atoms with E-state index in [1.807, 2.05) is 37.3 Å². The third-order valence-electron chi connectivity index (χ3n) is 8.42. The number of amides is 2. The quantitative estimate of drug-likeness (QED) is 0.194. The SMILES string of the molecule is Cc1ccc(S(=O)(=O)N(CC(=O)N(Cc2ccc(F)cc2)[C@@H](Cc2ccccc2)C(=O)NC2CCCCC2)c2ccccc2)cc1. The molecular formula is C37H40FN3O4S. The number of rotatable bonds is 12. The molecule has 1 aliphatic carbocycles. The van der Waals surface area contributed by atoms with Crippen molar-refractivity contribution >= 4 is 27.5 Å². The minimum atomic E-state index is -4.17. The molecule has 0 spiro atoms. The maximum Gasteiger partial charge on any atom is 0.264 e. The molecule has 0 heterocycles. The number of nitrogens with one attached hydrogen (secondary N) is 1.